The van der Waals surface area contributed by atoms with Crippen LogP contribution in [0.5, 0.6) is 0 Å². The van der Waals surface area contributed by atoms with Gasteiger partial charge in [-0.15, -0.1) is 0 Å². The highest BCUT2D eigenvalue weighted by molar-refractivity contribution is 6.60. The Morgan fingerprint density at radius 1 is 0.778 bits per heavy atom. The zero-order chi connectivity index (χ0) is 13.0. The van der Waals surface area contributed by atoms with Crippen LogP contribution in [0.1, 0.15) is 58.8 Å². The Labute approximate surface area is 113 Å². The van der Waals surface area contributed by atoms with Gasteiger partial charge in [0.05, 0.1) is 0 Å². The van der Waals surface area contributed by atoms with E-state index in [0.29, 0.717) is 0 Å². The van der Waals surface area contributed by atoms with Gasteiger partial charge in [0, 0.05) is 26.9 Å². The molecule has 0 spiro atoms. The summed E-state index contributed by atoms with van der Waals surface area (Å²) in [5.41, 5.74) is 0. The molecule has 0 saturated carbocycles. The zero-order valence-corrected chi connectivity index (χ0v) is 13.5. The van der Waals surface area contributed by atoms with E-state index in [9.17, 15) is 0 Å². The van der Waals surface area contributed by atoms with Gasteiger partial charge in [-0.1, -0.05) is 52.4 Å². The van der Waals surface area contributed by atoms with E-state index in [2.05, 4.69) is 13.8 Å². The first kappa shape index (κ1) is 20.3. The topological polar surface area (TPSA) is 27.7 Å². The molecule has 5 heteroatoms. The fraction of sp³-hybridized carbons (Fsp3) is 1.00. The second kappa shape index (κ2) is 13.5. The van der Waals surface area contributed by atoms with E-state index in [0.717, 1.165) is 19.1 Å². The molecule has 0 aliphatic rings. The molecule has 0 radical (unpaired) electrons. The minimum Gasteiger partial charge on any atom is -0.377 e. The summed E-state index contributed by atoms with van der Waals surface area (Å²) < 4.78 is 16.6. The number of hydrogen-bond acceptors (Lipinski definition) is 3. The molecule has 0 unspecified atom stereocenters. The molecule has 0 bridgehead atoms. The van der Waals surface area contributed by atoms with Crippen molar-refractivity contribution < 1.29 is 18.0 Å². The fourth-order valence-electron chi connectivity index (χ4n) is 1.88. The highest BCUT2D eigenvalue weighted by Crippen LogP contribution is 2.14. The summed E-state index contributed by atoms with van der Waals surface area (Å²) in [6.45, 7) is 5.08. The van der Waals surface area contributed by atoms with Gasteiger partial charge in [-0.3, -0.25) is 4.70 Å². The van der Waals surface area contributed by atoms with Gasteiger partial charge < -0.3 is 13.3 Å². The van der Waals surface area contributed by atoms with E-state index in [4.69, 9.17) is 13.3 Å². The standard InChI is InChI=1S/C13H30O3Si.FH/c1-5-7-8-9-10-11-12-13-16-17(6-2,14-3)15-4;/h5-13H2,1-4H3;1H. The highest BCUT2D eigenvalue weighted by Gasteiger charge is 2.36. The van der Waals surface area contributed by atoms with Gasteiger partial charge in [0.15, 0.2) is 0 Å². The summed E-state index contributed by atoms with van der Waals surface area (Å²) in [5, 5.41) is 0. The second-order valence-corrected chi connectivity index (χ2v) is 7.59. The lowest BCUT2D eigenvalue weighted by Gasteiger charge is -2.24. The number of hydrogen-bond donors (Lipinski definition) is 0. The Morgan fingerprint density at radius 3 is 1.72 bits per heavy atom. The van der Waals surface area contributed by atoms with Crippen LogP contribution in [0.3, 0.4) is 0 Å². The molecule has 0 aromatic carbocycles. The lowest BCUT2D eigenvalue weighted by molar-refractivity contribution is 0.0976. The average molecular weight is 282 g/mol. The first-order valence-corrected chi connectivity index (χ1v) is 8.92. The Balaban J connectivity index is 0. The van der Waals surface area contributed by atoms with Gasteiger partial charge in [-0.2, -0.15) is 0 Å². The van der Waals surface area contributed by atoms with E-state index in [1.54, 1.807) is 14.2 Å². The van der Waals surface area contributed by atoms with E-state index in [1.165, 1.54) is 38.5 Å². The molecular weight excluding hydrogens is 251 g/mol. The van der Waals surface area contributed by atoms with E-state index in [1.807, 2.05) is 0 Å². The van der Waals surface area contributed by atoms with Crippen molar-refractivity contribution in [1.82, 2.24) is 0 Å². The molecule has 0 rings (SSSR count). The van der Waals surface area contributed by atoms with Crippen LogP contribution >= 0.6 is 0 Å². The van der Waals surface area contributed by atoms with E-state index < -0.39 is 8.80 Å². The van der Waals surface area contributed by atoms with Crippen LogP contribution in [0.4, 0.5) is 4.70 Å². The summed E-state index contributed by atoms with van der Waals surface area (Å²) in [4.78, 5) is 0. The molecule has 0 N–H and O–H groups in total. The summed E-state index contributed by atoms with van der Waals surface area (Å²) >= 11 is 0. The zero-order valence-electron chi connectivity index (χ0n) is 12.5. The molecule has 0 heterocycles. The first-order valence-electron chi connectivity index (χ1n) is 6.99. The molecule has 0 atom stereocenters. The smallest absolute Gasteiger partial charge is 0.377 e. The van der Waals surface area contributed by atoms with Crippen LogP contribution in [-0.2, 0) is 13.3 Å². The number of halogens is 1. The van der Waals surface area contributed by atoms with Crippen LogP contribution in [0, 0.1) is 0 Å². The number of rotatable bonds is 12. The normalized spacial score (nSPS) is 11.3. The van der Waals surface area contributed by atoms with Crippen LogP contribution in [0.25, 0.3) is 0 Å². The molecule has 0 aromatic heterocycles. The van der Waals surface area contributed by atoms with Crippen molar-refractivity contribution in [3.63, 3.8) is 0 Å². The third-order valence-corrected chi connectivity index (χ3v) is 5.88. The van der Waals surface area contributed by atoms with Gasteiger partial charge in [0.1, 0.15) is 0 Å². The van der Waals surface area contributed by atoms with Gasteiger partial charge >= 0.3 is 8.80 Å². The SMILES string of the molecule is CCCCCCCCCO[Si](CC)(OC)OC.F. The number of unbranched alkanes of at least 4 members (excludes halogenated alkanes) is 6. The molecule has 3 nitrogen and oxygen atoms in total. The molecule has 18 heavy (non-hydrogen) atoms. The fourth-order valence-corrected chi connectivity index (χ4v) is 3.52. The maximum Gasteiger partial charge on any atom is 0.500 e. The monoisotopic (exact) mass is 282 g/mol. The molecule has 0 saturated heterocycles. The van der Waals surface area contributed by atoms with Crippen molar-refractivity contribution in [2.75, 3.05) is 20.8 Å². The molecule has 0 aromatic rings. The predicted octanol–water partition coefficient (Wildman–Crippen LogP) is 4.16. The molecule has 0 aliphatic heterocycles. The summed E-state index contributed by atoms with van der Waals surface area (Å²) in [6, 6.07) is 0.844. The maximum absolute atomic E-state index is 5.80. The minimum atomic E-state index is -2.30. The molecule has 112 valence electrons. The Morgan fingerprint density at radius 2 is 1.28 bits per heavy atom. The van der Waals surface area contributed by atoms with E-state index >= 15 is 0 Å². The summed E-state index contributed by atoms with van der Waals surface area (Å²) in [7, 11) is 1.07. The molecule has 0 aliphatic carbocycles. The van der Waals surface area contributed by atoms with Crippen LogP contribution in [0.2, 0.25) is 6.04 Å². The Bertz CT molecular complexity index is 158. The Hall–Kier alpha value is 0.0269. The third kappa shape index (κ3) is 9.02. The Kier molecular flexibility index (Phi) is 15.2. The van der Waals surface area contributed by atoms with Crippen molar-refractivity contribution in [1.29, 1.82) is 0 Å². The van der Waals surface area contributed by atoms with Crippen LogP contribution in [0.15, 0.2) is 0 Å². The van der Waals surface area contributed by atoms with Gasteiger partial charge in [-0.05, 0) is 6.42 Å². The lowest BCUT2D eigenvalue weighted by atomic mass is 10.1. The van der Waals surface area contributed by atoms with Crippen molar-refractivity contribution >= 4 is 8.80 Å². The van der Waals surface area contributed by atoms with E-state index in [-0.39, 0.29) is 4.70 Å². The minimum absolute atomic E-state index is 0. The summed E-state index contributed by atoms with van der Waals surface area (Å²) in [6.07, 6.45) is 9.12. The van der Waals surface area contributed by atoms with Gasteiger partial charge in [-0.25, -0.2) is 0 Å². The molecule has 0 amide bonds. The second-order valence-electron chi connectivity index (χ2n) is 4.41. The first-order chi connectivity index (χ1) is 8.24. The summed E-state index contributed by atoms with van der Waals surface area (Å²) in [5.74, 6) is 0. The largest absolute Gasteiger partial charge is 0.500 e. The van der Waals surface area contributed by atoms with Gasteiger partial charge in [0.2, 0.25) is 0 Å². The maximum atomic E-state index is 5.80. The van der Waals surface area contributed by atoms with Crippen LogP contribution in [-0.4, -0.2) is 29.6 Å². The van der Waals surface area contributed by atoms with Crippen molar-refractivity contribution in [2.45, 2.75) is 64.8 Å². The predicted molar refractivity (Wildman–Crippen MR) is 76.7 cm³/mol. The van der Waals surface area contributed by atoms with Crippen molar-refractivity contribution in [3.8, 4) is 0 Å². The molecule has 0 fully saturated rings. The van der Waals surface area contributed by atoms with Crippen molar-refractivity contribution in [3.05, 3.63) is 0 Å². The van der Waals surface area contributed by atoms with Gasteiger partial charge in [0.25, 0.3) is 0 Å². The molecular formula is C13H31FO3Si. The van der Waals surface area contributed by atoms with Crippen molar-refractivity contribution in [2.24, 2.45) is 0 Å². The third-order valence-electron chi connectivity index (χ3n) is 3.12. The quantitative estimate of drug-likeness (QED) is 0.397. The average Bonchev–Trinajstić information content (AvgIpc) is 2.38. The van der Waals surface area contributed by atoms with Crippen LogP contribution < -0.4 is 0 Å². The highest BCUT2D eigenvalue weighted by atomic mass is 28.4. The lowest BCUT2D eigenvalue weighted by Crippen LogP contribution is -2.43.